The molecule has 0 aliphatic carbocycles. The summed E-state index contributed by atoms with van der Waals surface area (Å²) in [7, 11) is 0. The average molecular weight is 293 g/mol. The summed E-state index contributed by atoms with van der Waals surface area (Å²) in [5.74, 6) is 0.513. The molecular formula is C19H19NO2. The molecule has 1 amide bonds. The highest BCUT2D eigenvalue weighted by Crippen LogP contribution is 2.27. The summed E-state index contributed by atoms with van der Waals surface area (Å²) < 4.78 is 5.62. The molecule has 0 radical (unpaired) electrons. The fourth-order valence-corrected chi connectivity index (χ4v) is 2.54. The molecule has 2 aromatic carbocycles. The van der Waals surface area contributed by atoms with E-state index in [1.54, 1.807) is 6.07 Å². The average Bonchev–Trinajstić information content (AvgIpc) is 2.99. The summed E-state index contributed by atoms with van der Waals surface area (Å²) >= 11 is 0. The number of carbonyl (C=O) groups is 1. The predicted octanol–water partition coefficient (Wildman–Crippen LogP) is 5.20. The highest BCUT2D eigenvalue weighted by atomic mass is 16.3. The summed E-state index contributed by atoms with van der Waals surface area (Å²) in [6, 6.07) is 17.3. The fraction of sp³-hybridized carbons (Fsp3) is 0.211. The van der Waals surface area contributed by atoms with Crippen molar-refractivity contribution in [2.45, 2.75) is 26.2 Å². The maximum absolute atomic E-state index is 12.4. The van der Waals surface area contributed by atoms with Crippen LogP contribution in [0.1, 0.15) is 42.3 Å². The third-order valence-electron chi connectivity index (χ3n) is 4.00. The van der Waals surface area contributed by atoms with E-state index in [0.717, 1.165) is 28.6 Å². The number of benzene rings is 2. The van der Waals surface area contributed by atoms with Crippen molar-refractivity contribution >= 4 is 22.6 Å². The third kappa shape index (κ3) is 2.75. The molecule has 0 unspecified atom stereocenters. The van der Waals surface area contributed by atoms with Crippen molar-refractivity contribution < 1.29 is 9.21 Å². The topological polar surface area (TPSA) is 42.2 Å². The molecule has 3 aromatic rings. The van der Waals surface area contributed by atoms with Gasteiger partial charge in [-0.15, -0.1) is 0 Å². The number of furan rings is 1. The minimum Gasteiger partial charge on any atom is -0.451 e. The number of nitrogens with one attached hydrogen (secondary N) is 1. The molecule has 1 aromatic heterocycles. The van der Waals surface area contributed by atoms with Crippen LogP contribution in [-0.2, 0) is 0 Å². The van der Waals surface area contributed by atoms with E-state index in [4.69, 9.17) is 4.42 Å². The number of hydrogen-bond acceptors (Lipinski definition) is 2. The maximum Gasteiger partial charge on any atom is 0.291 e. The quantitative estimate of drug-likeness (QED) is 0.718. The van der Waals surface area contributed by atoms with Crippen LogP contribution >= 0.6 is 0 Å². The summed E-state index contributed by atoms with van der Waals surface area (Å²) in [4.78, 5) is 12.4. The van der Waals surface area contributed by atoms with E-state index in [2.05, 4.69) is 25.2 Å². The van der Waals surface area contributed by atoms with Crippen molar-refractivity contribution in [3.05, 3.63) is 65.9 Å². The van der Waals surface area contributed by atoms with Gasteiger partial charge < -0.3 is 9.73 Å². The van der Waals surface area contributed by atoms with Crippen LogP contribution in [0, 0.1) is 0 Å². The molecule has 0 saturated heterocycles. The van der Waals surface area contributed by atoms with Gasteiger partial charge in [0.1, 0.15) is 5.58 Å². The van der Waals surface area contributed by atoms with Gasteiger partial charge in [0.25, 0.3) is 5.91 Å². The number of anilines is 1. The second-order valence-electron chi connectivity index (χ2n) is 5.50. The van der Waals surface area contributed by atoms with E-state index in [0.29, 0.717) is 11.7 Å². The zero-order chi connectivity index (χ0) is 15.5. The van der Waals surface area contributed by atoms with Gasteiger partial charge in [-0.25, -0.2) is 0 Å². The maximum atomic E-state index is 12.4. The van der Waals surface area contributed by atoms with Gasteiger partial charge in [-0.3, -0.25) is 4.79 Å². The highest BCUT2D eigenvalue weighted by molar-refractivity contribution is 6.05. The zero-order valence-electron chi connectivity index (χ0n) is 12.8. The van der Waals surface area contributed by atoms with Gasteiger partial charge in [0, 0.05) is 11.1 Å². The minimum atomic E-state index is -0.216. The summed E-state index contributed by atoms with van der Waals surface area (Å²) in [5, 5.41) is 3.90. The summed E-state index contributed by atoms with van der Waals surface area (Å²) in [6.45, 7) is 4.30. The molecule has 0 saturated carbocycles. The van der Waals surface area contributed by atoms with E-state index in [9.17, 15) is 4.79 Å². The van der Waals surface area contributed by atoms with E-state index < -0.39 is 0 Å². The monoisotopic (exact) mass is 293 g/mol. The molecule has 3 nitrogen and oxygen atoms in total. The zero-order valence-corrected chi connectivity index (χ0v) is 12.8. The number of amides is 1. The van der Waals surface area contributed by atoms with Gasteiger partial charge in [-0.1, -0.05) is 50.2 Å². The van der Waals surface area contributed by atoms with Crippen LogP contribution in [0.4, 0.5) is 5.69 Å². The number of carbonyl (C=O) groups excluding carboxylic acids is 1. The SMILES string of the molecule is CC[C@@H](C)c1ccccc1NC(=O)c1cc2ccccc2o1. The van der Waals surface area contributed by atoms with Crippen LogP contribution in [0.5, 0.6) is 0 Å². The Balaban J connectivity index is 1.88. The molecular weight excluding hydrogens is 274 g/mol. The second kappa shape index (κ2) is 6.06. The second-order valence-corrected chi connectivity index (χ2v) is 5.50. The van der Waals surface area contributed by atoms with Crippen molar-refractivity contribution in [3.63, 3.8) is 0 Å². The van der Waals surface area contributed by atoms with E-state index in [1.807, 2.05) is 42.5 Å². The minimum absolute atomic E-state index is 0.216. The van der Waals surface area contributed by atoms with Crippen LogP contribution in [0.25, 0.3) is 11.0 Å². The van der Waals surface area contributed by atoms with Crippen molar-refractivity contribution in [2.75, 3.05) is 5.32 Å². The normalized spacial score (nSPS) is 12.3. The Bertz CT molecular complexity index is 771. The van der Waals surface area contributed by atoms with Gasteiger partial charge in [0.15, 0.2) is 5.76 Å². The molecule has 1 heterocycles. The lowest BCUT2D eigenvalue weighted by molar-refractivity contribution is 0.0998. The van der Waals surface area contributed by atoms with Gasteiger partial charge >= 0.3 is 0 Å². The molecule has 1 atom stereocenters. The number of para-hydroxylation sites is 2. The van der Waals surface area contributed by atoms with Gasteiger partial charge in [0.05, 0.1) is 0 Å². The number of hydrogen-bond donors (Lipinski definition) is 1. The van der Waals surface area contributed by atoms with E-state index >= 15 is 0 Å². The Morgan fingerprint density at radius 2 is 1.86 bits per heavy atom. The molecule has 0 aliphatic heterocycles. The van der Waals surface area contributed by atoms with E-state index in [1.165, 1.54) is 0 Å². The Morgan fingerprint density at radius 1 is 1.14 bits per heavy atom. The first-order valence-corrected chi connectivity index (χ1v) is 7.58. The number of rotatable bonds is 4. The molecule has 0 bridgehead atoms. The third-order valence-corrected chi connectivity index (χ3v) is 4.00. The first kappa shape index (κ1) is 14.4. The Labute approximate surface area is 130 Å². The van der Waals surface area contributed by atoms with Gasteiger partial charge in [0.2, 0.25) is 0 Å². The van der Waals surface area contributed by atoms with Crippen molar-refractivity contribution in [1.29, 1.82) is 0 Å². The lowest BCUT2D eigenvalue weighted by Crippen LogP contribution is -2.13. The summed E-state index contributed by atoms with van der Waals surface area (Å²) in [5.41, 5.74) is 2.72. The van der Waals surface area contributed by atoms with Crippen molar-refractivity contribution in [3.8, 4) is 0 Å². The molecule has 3 rings (SSSR count). The molecule has 112 valence electrons. The van der Waals surface area contributed by atoms with Gasteiger partial charge in [-0.05, 0) is 36.1 Å². The summed E-state index contributed by atoms with van der Waals surface area (Å²) in [6.07, 6.45) is 1.03. The van der Waals surface area contributed by atoms with Crippen LogP contribution in [0.2, 0.25) is 0 Å². The molecule has 22 heavy (non-hydrogen) atoms. The molecule has 1 N–H and O–H groups in total. The van der Waals surface area contributed by atoms with E-state index in [-0.39, 0.29) is 5.91 Å². The molecule has 0 fully saturated rings. The lowest BCUT2D eigenvalue weighted by Gasteiger charge is -2.15. The van der Waals surface area contributed by atoms with Crippen molar-refractivity contribution in [1.82, 2.24) is 0 Å². The van der Waals surface area contributed by atoms with Crippen LogP contribution in [0.15, 0.2) is 59.0 Å². The number of fused-ring (bicyclic) bond motifs is 1. The van der Waals surface area contributed by atoms with Crippen molar-refractivity contribution in [2.24, 2.45) is 0 Å². The first-order chi connectivity index (χ1) is 10.7. The first-order valence-electron chi connectivity index (χ1n) is 7.58. The Hall–Kier alpha value is -2.55. The van der Waals surface area contributed by atoms with Crippen LogP contribution in [0.3, 0.4) is 0 Å². The molecule has 3 heteroatoms. The van der Waals surface area contributed by atoms with Crippen LogP contribution in [-0.4, -0.2) is 5.91 Å². The predicted molar refractivity (Wildman–Crippen MR) is 89.3 cm³/mol. The lowest BCUT2D eigenvalue weighted by atomic mass is 9.97. The van der Waals surface area contributed by atoms with Crippen LogP contribution < -0.4 is 5.32 Å². The fourth-order valence-electron chi connectivity index (χ4n) is 2.54. The van der Waals surface area contributed by atoms with Gasteiger partial charge in [-0.2, -0.15) is 0 Å². The molecule has 0 aliphatic rings. The Kier molecular flexibility index (Phi) is 3.96. The standard InChI is InChI=1S/C19H19NO2/c1-3-13(2)15-9-5-6-10-16(15)20-19(21)18-12-14-8-4-7-11-17(14)22-18/h4-13H,3H2,1-2H3,(H,20,21)/t13-/m1/s1. The smallest absolute Gasteiger partial charge is 0.291 e. The molecule has 0 spiro atoms. The largest absolute Gasteiger partial charge is 0.451 e. The Morgan fingerprint density at radius 3 is 2.64 bits per heavy atom. The highest BCUT2D eigenvalue weighted by Gasteiger charge is 2.15.